The minimum atomic E-state index is -0.125. The van der Waals surface area contributed by atoms with Crippen molar-refractivity contribution < 1.29 is 50.1 Å². The van der Waals surface area contributed by atoms with Crippen LogP contribution < -0.4 is 0 Å². The number of allylic oxidation sites excluding steroid dienone is 2. The average Bonchev–Trinajstić information content (AvgIpc) is 3.22. The second-order valence-electron chi connectivity index (χ2n) is 13.1. The van der Waals surface area contributed by atoms with Gasteiger partial charge in [-0.3, -0.25) is 4.79 Å². The number of fused-ring (bicyclic) bond motifs is 1. The van der Waals surface area contributed by atoms with Gasteiger partial charge in [-0.2, -0.15) is 29.8 Å². The van der Waals surface area contributed by atoms with Crippen LogP contribution in [0.25, 0.3) is 55.5 Å². The number of hydrogen-bond donors (Lipinski definition) is 1. The molecule has 8 rings (SSSR count). The zero-order chi connectivity index (χ0) is 39.7. The summed E-state index contributed by atoms with van der Waals surface area (Å²) < 4.78 is 0. The van der Waals surface area contributed by atoms with Crippen molar-refractivity contribution >= 4 is 16.6 Å². The molecule has 0 saturated carbocycles. The predicted molar refractivity (Wildman–Crippen MR) is 231 cm³/mol. The Labute approximate surface area is 370 Å². The number of hydrogen-bond acceptors (Lipinski definition) is 4. The summed E-state index contributed by atoms with van der Waals surface area (Å²) in [5, 5.41) is 10.7. The van der Waals surface area contributed by atoms with Crippen LogP contribution in [0.3, 0.4) is 0 Å². The standard InChI is InChI=1S/C18H14N.C18H14.C11H8N.C5H8O2.2Ir/c1-14-12-18(16-10-6-3-7-11-16)19-13-17(14)15-8-4-2-5-9-15;1-13-9-14(2)11-18(10-13)17-8-7-15-5-3-4-6-16(15)12-17;1-2-6-10(7-3-1)11-8-4-5-9-12-11;1-4(6)3-5(2)7;;/h2-10,12-13H,1H3;3-10H,1-2H3;1-6,8-9H;3,6H,1-2H3;;/q-1;-2;-1;;;. The van der Waals surface area contributed by atoms with Gasteiger partial charge in [0.1, 0.15) is 0 Å². The minimum Gasteiger partial charge on any atom is -0.512 e. The number of pyridine rings is 2. The van der Waals surface area contributed by atoms with E-state index in [2.05, 4.69) is 116 Å². The van der Waals surface area contributed by atoms with Gasteiger partial charge in [-0.25, -0.2) is 5.56 Å². The number of aromatic nitrogens is 2. The van der Waals surface area contributed by atoms with Gasteiger partial charge in [0, 0.05) is 64.2 Å². The van der Waals surface area contributed by atoms with Crippen molar-refractivity contribution in [2.75, 3.05) is 0 Å². The quantitative estimate of drug-likeness (QED) is 0.106. The molecule has 2 aromatic heterocycles. The maximum atomic E-state index is 10.0. The van der Waals surface area contributed by atoms with Crippen LogP contribution in [0.15, 0.2) is 176 Å². The zero-order valence-electron chi connectivity index (χ0n) is 33.1. The number of aliphatic hydroxyl groups is 1. The molecular weight excluding hydrogens is 1070 g/mol. The van der Waals surface area contributed by atoms with Crippen molar-refractivity contribution in [2.45, 2.75) is 34.6 Å². The van der Waals surface area contributed by atoms with Crippen LogP contribution in [0, 0.1) is 45.0 Å². The van der Waals surface area contributed by atoms with Gasteiger partial charge in [0.15, 0.2) is 5.78 Å². The number of ketones is 1. The molecule has 0 unspecified atom stereocenters. The van der Waals surface area contributed by atoms with Crippen molar-refractivity contribution in [3.8, 4) is 44.8 Å². The van der Waals surface area contributed by atoms with Gasteiger partial charge in [-0.15, -0.1) is 107 Å². The van der Waals surface area contributed by atoms with Gasteiger partial charge in [0.25, 0.3) is 0 Å². The van der Waals surface area contributed by atoms with Gasteiger partial charge in [-0.05, 0) is 49.4 Å². The number of benzene rings is 6. The monoisotopic (exact) mass is 1110 g/mol. The van der Waals surface area contributed by atoms with E-state index in [0.29, 0.717) is 0 Å². The van der Waals surface area contributed by atoms with Gasteiger partial charge in [0.2, 0.25) is 0 Å². The molecule has 2 radical (unpaired) electrons. The molecule has 58 heavy (non-hydrogen) atoms. The molecule has 8 aromatic rings. The molecule has 0 atom stereocenters. The molecule has 1 N–H and O–H groups in total. The topological polar surface area (TPSA) is 63.1 Å². The van der Waals surface area contributed by atoms with Crippen molar-refractivity contribution in [3.63, 3.8) is 0 Å². The molecule has 0 aliphatic rings. The van der Waals surface area contributed by atoms with E-state index in [1.807, 2.05) is 97.2 Å². The fourth-order valence-corrected chi connectivity index (χ4v) is 5.86. The van der Waals surface area contributed by atoms with Gasteiger partial charge in [-0.1, -0.05) is 86.0 Å². The largest absolute Gasteiger partial charge is 0.512 e. The van der Waals surface area contributed by atoms with Crippen LogP contribution in [0.2, 0.25) is 0 Å². The van der Waals surface area contributed by atoms with E-state index in [4.69, 9.17) is 5.11 Å². The first-order valence-electron chi connectivity index (χ1n) is 18.3. The van der Waals surface area contributed by atoms with Crippen LogP contribution >= 0.6 is 0 Å². The normalized spacial score (nSPS) is 10.1. The van der Waals surface area contributed by atoms with E-state index < -0.39 is 0 Å². The number of rotatable bonds is 5. The zero-order valence-corrected chi connectivity index (χ0v) is 37.9. The summed E-state index contributed by atoms with van der Waals surface area (Å²) in [7, 11) is 0. The number of carbonyl (C=O) groups is 1. The van der Waals surface area contributed by atoms with E-state index in [9.17, 15) is 4.79 Å². The molecule has 4 nitrogen and oxygen atoms in total. The Morgan fingerprint density at radius 3 is 1.81 bits per heavy atom. The summed E-state index contributed by atoms with van der Waals surface area (Å²) in [5.41, 5.74) is 12.3. The Morgan fingerprint density at radius 2 is 1.24 bits per heavy atom. The smallest absolute Gasteiger partial charge is 0.155 e. The third-order valence-electron chi connectivity index (χ3n) is 8.34. The summed E-state index contributed by atoms with van der Waals surface area (Å²) in [4.78, 5) is 18.8. The van der Waals surface area contributed by atoms with Crippen LogP contribution in [0.4, 0.5) is 0 Å². The van der Waals surface area contributed by atoms with Crippen molar-refractivity contribution in [1.29, 1.82) is 0 Å². The summed E-state index contributed by atoms with van der Waals surface area (Å²) in [6, 6.07) is 64.2. The fourth-order valence-electron chi connectivity index (χ4n) is 5.86. The van der Waals surface area contributed by atoms with Crippen LogP contribution in [-0.2, 0) is 45.0 Å². The molecule has 296 valence electrons. The Bertz CT molecular complexity index is 2430. The molecular formula is C52H44Ir2N2O2-4. The van der Waals surface area contributed by atoms with Gasteiger partial charge < -0.3 is 15.1 Å². The third kappa shape index (κ3) is 14.7. The second kappa shape index (κ2) is 24.2. The summed E-state index contributed by atoms with van der Waals surface area (Å²) in [6.45, 7) is 9.17. The Morgan fingerprint density at radius 1 is 0.603 bits per heavy atom. The molecule has 6 aromatic carbocycles. The number of carbonyl (C=O) groups excluding carboxylic acids is 1. The predicted octanol–water partition coefficient (Wildman–Crippen LogP) is 12.8. The van der Waals surface area contributed by atoms with Crippen molar-refractivity contribution in [3.05, 3.63) is 217 Å². The molecule has 0 spiro atoms. The number of nitrogens with zero attached hydrogens (tertiary/aromatic N) is 2. The summed E-state index contributed by atoms with van der Waals surface area (Å²) in [6.07, 6.45) is 4.90. The van der Waals surface area contributed by atoms with Crippen molar-refractivity contribution in [2.24, 2.45) is 0 Å². The molecule has 0 aliphatic carbocycles. The number of aliphatic hydroxyl groups excluding tert-OH is 1. The van der Waals surface area contributed by atoms with Gasteiger partial charge >= 0.3 is 0 Å². The molecule has 2 heterocycles. The maximum absolute atomic E-state index is 10.0. The Kier molecular flexibility index (Phi) is 19.5. The van der Waals surface area contributed by atoms with Crippen LogP contribution in [0.1, 0.15) is 30.5 Å². The van der Waals surface area contributed by atoms with Crippen molar-refractivity contribution in [1.82, 2.24) is 9.97 Å². The molecule has 6 heteroatoms. The fraction of sp³-hybridized carbons (Fsp3) is 0.0962. The van der Waals surface area contributed by atoms with Crippen LogP contribution in [-0.4, -0.2) is 20.9 Å². The van der Waals surface area contributed by atoms with E-state index in [0.717, 1.165) is 39.0 Å². The van der Waals surface area contributed by atoms with E-state index >= 15 is 0 Å². The third-order valence-corrected chi connectivity index (χ3v) is 8.34. The Hall–Kier alpha value is -5.61. The molecule has 0 fully saturated rings. The first-order valence-corrected chi connectivity index (χ1v) is 18.3. The molecule has 0 aliphatic heterocycles. The average molecular weight is 1110 g/mol. The summed E-state index contributed by atoms with van der Waals surface area (Å²) >= 11 is 0. The maximum Gasteiger partial charge on any atom is 0.155 e. The molecule has 0 saturated heterocycles. The second-order valence-corrected chi connectivity index (χ2v) is 13.1. The van der Waals surface area contributed by atoms with E-state index in [1.54, 1.807) is 6.20 Å². The first-order chi connectivity index (χ1) is 27.2. The summed E-state index contributed by atoms with van der Waals surface area (Å²) in [5.74, 6) is -0.0625. The van der Waals surface area contributed by atoms with E-state index in [-0.39, 0.29) is 51.8 Å². The molecule has 0 amide bonds. The van der Waals surface area contributed by atoms with Gasteiger partial charge in [0.05, 0.1) is 5.76 Å². The SMILES string of the molecule is CC(=O)C=C(C)O.Cc1[c-]c(-c2[c-]c3ccccc3cc2)cc(C)c1.Cc1cc(-c2[c-]cccc2)ncc1-c1ccccc1.[Ir].[Ir].[c-]1ccccc1-c1ccccn1. The molecule has 0 bridgehead atoms. The minimum absolute atomic E-state index is 0. The van der Waals surface area contributed by atoms with E-state index in [1.165, 1.54) is 53.1 Å². The number of aryl methyl sites for hydroxylation is 3. The van der Waals surface area contributed by atoms with Crippen LogP contribution in [0.5, 0.6) is 0 Å². The first kappa shape index (κ1) is 46.8. The Balaban J connectivity index is 0.000000216.